The molecule has 0 aromatic carbocycles. The first kappa shape index (κ1) is 89.3. The summed E-state index contributed by atoms with van der Waals surface area (Å²) in [5.74, 6) is 2.94. The van der Waals surface area contributed by atoms with Gasteiger partial charge in [0.05, 0.1) is 18.3 Å². The van der Waals surface area contributed by atoms with Gasteiger partial charge >= 0.3 is 0 Å². The number of ketones is 4. The lowest BCUT2D eigenvalue weighted by molar-refractivity contribution is -0.123. The smallest absolute Gasteiger partial charge is 0.135 e. The molecule has 0 amide bonds. The van der Waals surface area contributed by atoms with Gasteiger partial charge in [-0.25, -0.2) is 0 Å². The van der Waals surface area contributed by atoms with Gasteiger partial charge in [0.2, 0.25) is 0 Å². The lowest BCUT2D eigenvalue weighted by Crippen LogP contribution is -2.25. The van der Waals surface area contributed by atoms with Crippen LogP contribution in [0, 0.1) is 11.8 Å². The first-order valence-electron chi connectivity index (χ1n) is 36.4. The molecular weight excluding hydrogens is 1010 g/mol. The van der Waals surface area contributed by atoms with E-state index in [0.717, 1.165) is 128 Å². The van der Waals surface area contributed by atoms with Gasteiger partial charge in [0.25, 0.3) is 0 Å². The molecule has 0 saturated heterocycles. The Morgan fingerprint density at radius 1 is 0.268 bits per heavy atom. The fourth-order valence-corrected chi connectivity index (χ4v) is 10.6. The highest BCUT2D eigenvalue weighted by molar-refractivity contribution is 5.80. The molecule has 0 aromatic heterocycles. The fourth-order valence-electron chi connectivity index (χ4n) is 10.6. The van der Waals surface area contributed by atoms with Crippen LogP contribution in [0.4, 0.5) is 0 Å². The Bertz CT molecular complexity index is 1250. The number of carbonyl (C=O) groups is 4. The van der Waals surface area contributed by atoms with Gasteiger partial charge in [0.15, 0.2) is 0 Å². The molecule has 0 aliphatic carbocycles. The van der Waals surface area contributed by atoms with Crippen molar-refractivity contribution in [3.05, 3.63) is 0 Å². The van der Waals surface area contributed by atoms with Gasteiger partial charge in [-0.1, -0.05) is 327 Å². The van der Waals surface area contributed by atoms with E-state index in [9.17, 15) is 34.5 Å². The third-order valence-electron chi connectivity index (χ3n) is 16.7. The Morgan fingerprint density at radius 2 is 0.500 bits per heavy atom. The molecule has 0 aliphatic rings. The van der Waals surface area contributed by atoms with Gasteiger partial charge in [-0.2, -0.15) is 0 Å². The molecule has 0 rings (SSSR count). The van der Waals surface area contributed by atoms with Crippen molar-refractivity contribution >= 4 is 23.1 Å². The SMILES string of the molecule is C.CCC(=O)CCCCCCCCCCCCCCCC(C)C.CCCCCCC(CCCC)C(=O)CC.CCCCCCC(O)CCCCCCCCCCC(=O)CC.CCCCCCCC(O)C(O)CCCCCCCC(=O)CC. The highest BCUT2D eigenvalue weighted by Gasteiger charge is 2.16. The molecule has 7 heteroatoms. The van der Waals surface area contributed by atoms with E-state index in [-0.39, 0.29) is 13.5 Å². The fraction of sp³-hybridized carbons (Fsp3) is 0.947. The monoisotopic (exact) mass is 1170 g/mol. The van der Waals surface area contributed by atoms with Crippen LogP contribution in [0.3, 0.4) is 0 Å². The highest BCUT2D eigenvalue weighted by Crippen LogP contribution is 2.21. The van der Waals surface area contributed by atoms with Crippen molar-refractivity contribution in [2.24, 2.45) is 11.8 Å². The number of rotatable bonds is 60. The quantitative estimate of drug-likeness (QED) is 0.0517. The Hall–Kier alpha value is -1.44. The zero-order valence-corrected chi connectivity index (χ0v) is 56.8. The van der Waals surface area contributed by atoms with Gasteiger partial charge in [0, 0.05) is 50.9 Å². The van der Waals surface area contributed by atoms with Crippen molar-refractivity contribution in [1.29, 1.82) is 0 Å². The normalized spacial score (nSPS) is 12.5. The maximum absolute atomic E-state index is 11.7. The molecule has 3 N–H and O–H groups in total. The molecule has 0 spiro atoms. The predicted molar refractivity (Wildman–Crippen MR) is 362 cm³/mol. The molecule has 82 heavy (non-hydrogen) atoms. The lowest BCUT2D eigenvalue weighted by atomic mass is 9.90. The van der Waals surface area contributed by atoms with Gasteiger partial charge < -0.3 is 15.3 Å². The summed E-state index contributed by atoms with van der Waals surface area (Å²) in [7, 11) is 0. The first-order chi connectivity index (χ1) is 39.2. The number of aliphatic hydroxyl groups excluding tert-OH is 3. The second-order valence-corrected chi connectivity index (χ2v) is 25.2. The highest BCUT2D eigenvalue weighted by atomic mass is 16.3. The third kappa shape index (κ3) is 76.6. The summed E-state index contributed by atoms with van der Waals surface area (Å²) in [5, 5.41) is 29.7. The van der Waals surface area contributed by atoms with Crippen LogP contribution >= 0.6 is 0 Å². The van der Waals surface area contributed by atoms with Crippen molar-refractivity contribution in [3.8, 4) is 0 Å². The number of aliphatic hydroxyl groups is 3. The Morgan fingerprint density at radius 3 is 0.780 bits per heavy atom. The molecule has 494 valence electrons. The van der Waals surface area contributed by atoms with Gasteiger partial charge in [0.1, 0.15) is 23.1 Å². The van der Waals surface area contributed by atoms with Crippen molar-refractivity contribution < 1.29 is 34.5 Å². The van der Waals surface area contributed by atoms with E-state index in [4.69, 9.17) is 0 Å². The first-order valence-corrected chi connectivity index (χ1v) is 36.4. The molecule has 7 nitrogen and oxygen atoms in total. The van der Waals surface area contributed by atoms with Crippen molar-refractivity contribution in [2.75, 3.05) is 0 Å². The van der Waals surface area contributed by atoms with Crippen LogP contribution in [0.2, 0.25) is 0 Å². The summed E-state index contributed by atoms with van der Waals surface area (Å²) in [4.78, 5) is 45.1. The van der Waals surface area contributed by atoms with Gasteiger partial charge in [-0.3, -0.25) is 19.2 Å². The number of carbonyl (C=O) groups excluding carboxylic acids is 4. The van der Waals surface area contributed by atoms with E-state index in [2.05, 4.69) is 41.5 Å². The van der Waals surface area contributed by atoms with E-state index in [1.54, 1.807) is 0 Å². The second kappa shape index (κ2) is 75.7. The van der Waals surface area contributed by atoms with Crippen molar-refractivity contribution in [1.82, 2.24) is 0 Å². The van der Waals surface area contributed by atoms with Gasteiger partial charge in [-0.05, 0) is 63.7 Å². The Kier molecular flexibility index (Phi) is 82.4. The minimum atomic E-state index is -0.562. The summed E-state index contributed by atoms with van der Waals surface area (Å²) in [6.07, 6.45) is 62.7. The molecule has 0 radical (unpaired) electrons. The van der Waals surface area contributed by atoms with Crippen LogP contribution in [0.1, 0.15) is 430 Å². The van der Waals surface area contributed by atoms with Crippen LogP contribution in [0.25, 0.3) is 0 Å². The molecule has 4 atom stereocenters. The summed E-state index contributed by atoms with van der Waals surface area (Å²) < 4.78 is 0. The number of Topliss-reactive ketones (excluding diaryl/α,β-unsaturated/α-hetero) is 4. The average molecular weight is 1170 g/mol. The van der Waals surface area contributed by atoms with E-state index in [0.29, 0.717) is 48.3 Å². The zero-order valence-electron chi connectivity index (χ0n) is 56.8. The topological polar surface area (TPSA) is 129 Å². The number of unbranched alkanes of at least 4 members (excludes halogenated alkanes) is 34. The number of hydrogen-bond acceptors (Lipinski definition) is 7. The maximum atomic E-state index is 11.7. The van der Waals surface area contributed by atoms with E-state index in [1.807, 2.05) is 27.7 Å². The van der Waals surface area contributed by atoms with Crippen LogP contribution < -0.4 is 0 Å². The molecule has 0 fully saturated rings. The minimum Gasteiger partial charge on any atom is -0.393 e. The molecule has 0 heterocycles. The average Bonchev–Trinajstić information content (AvgIpc) is 3.46. The van der Waals surface area contributed by atoms with E-state index in [1.165, 1.54) is 212 Å². The van der Waals surface area contributed by atoms with Crippen LogP contribution in [-0.2, 0) is 19.2 Å². The molecule has 0 aliphatic heterocycles. The van der Waals surface area contributed by atoms with Crippen LogP contribution in [-0.4, -0.2) is 56.8 Å². The summed E-state index contributed by atoms with van der Waals surface area (Å²) in [5.41, 5.74) is 0. The largest absolute Gasteiger partial charge is 0.393 e. The summed E-state index contributed by atoms with van der Waals surface area (Å²) in [6, 6.07) is 0. The molecule has 4 unspecified atom stereocenters. The zero-order chi connectivity index (χ0) is 61.1. The van der Waals surface area contributed by atoms with Crippen molar-refractivity contribution in [2.45, 2.75) is 448 Å². The molecule has 0 saturated carbocycles. The maximum Gasteiger partial charge on any atom is 0.135 e. The Labute approximate surface area is 515 Å². The molecular formula is C75H152O7. The lowest BCUT2D eigenvalue weighted by Gasteiger charge is -2.17. The third-order valence-corrected chi connectivity index (χ3v) is 16.7. The van der Waals surface area contributed by atoms with Gasteiger partial charge in [-0.15, -0.1) is 0 Å². The minimum absolute atomic E-state index is 0. The van der Waals surface area contributed by atoms with E-state index < -0.39 is 12.2 Å². The molecule has 0 aromatic rings. The van der Waals surface area contributed by atoms with Crippen LogP contribution in [0.15, 0.2) is 0 Å². The van der Waals surface area contributed by atoms with E-state index >= 15 is 0 Å². The second-order valence-electron chi connectivity index (χ2n) is 25.2. The standard InChI is InChI=1S/C21H42O.C20H40O2.C19H38O3.C14H28O.CH4/c1-4-21(22)19-17-15-13-11-9-7-5-6-8-10-12-14-16-18-20(2)3;1-3-5-6-13-17-20(22)18-15-12-10-8-7-9-11-14-16-19(21)4-2;1-3-5-6-8-12-15-18(21)19(22)16-13-10-7-9-11-14-17(20)4-2;1-4-7-9-10-12-13(11-8-5-2)14(15)6-3;/h20H,4-19H2,1-3H3;20,22H,3-18H2,1-2H3;18-19,21-22H,3-16H2,1-2H3;13H,4-12H2,1-3H3;1H4. The number of hydrogen-bond donors (Lipinski definition) is 3. The summed E-state index contributed by atoms with van der Waals surface area (Å²) in [6.45, 7) is 21.3. The Balaban J connectivity index is -0.000000323. The summed E-state index contributed by atoms with van der Waals surface area (Å²) >= 11 is 0. The predicted octanol–water partition coefficient (Wildman–Crippen LogP) is 23.8. The molecule has 0 bridgehead atoms. The van der Waals surface area contributed by atoms with Crippen LogP contribution in [0.5, 0.6) is 0 Å². The van der Waals surface area contributed by atoms with Crippen molar-refractivity contribution in [3.63, 3.8) is 0 Å².